The lowest BCUT2D eigenvalue weighted by Gasteiger charge is -1.99. The molecule has 3 rings (SSSR count). The highest BCUT2D eigenvalue weighted by Gasteiger charge is 2.08. The van der Waals surface area contributed by atoms with Gasteiger partial charge in [-0.3, -0.25) is 10.1 Å². The monoisotopic (exact) mass is 338 g/mol. The van der Waals surface area contributed by atoms with Crippen molar-refractivity contribution in [2.24, 2.45) is 0 Å². The average Bonchev–Trinajstić information content (AvgIpc) is 2.96. The number of nitrogens with zero attached hydrogens (tertiary/aromatic N) is 1. The van der Waals surface area contributed by atoms with Gasteiger partial charge < -0.3 is 4.74 Å². The Bertz CT molecular complexity index is 911. The SMILES string of the molecule is COc1ccc(/C=C\C(=O)Nc2nc3c(C)cc(C)cc3s2)cc1. The topological polar surface area (TPSA) is 51.2 Å². The summed E-state index contributed by atoms with van der Waals surface area (Å²) in [7, 11) is 1.62. The molecule has 0 saturated carbocycles. The Kier molecular flexibility index (Phi) is 4.62. The van der Waals surface area contributed by atoms with Gasteiger partial charge in [0.05, 0.1) is 17.3 Å². The molecule has 1 aromatic heterocycles. The molecule has 1 heterocycles. The van der Waals surface area contributed by atoms with Crippen molar-refractivity contribution in [1.29, 1.82) is 0 Å². The van der Waals surface area contributed by atoms with Gasteiger partial charge in [-0.2, -0.15) is 0 Å². The van der Waals surface area contributed by atoms with Crippen LogP contribution < -0.4 is 10.1 Å². The fourth-order valence-electron chi connectivity index (χ4n) is 2.46. The number of aryl methyl sites for hydroxylation is 2. The van der Waals surface area contributed by atoms with Crippen LogP contribution in [0.5, 0.6) is 5.75 Å². The normalized spacial score (nSPS) is 11.1. The molecule has 1 amide bonds. The quantitative estimate of drug-likeness (QED) is 0.709. The lowest BCUT2D eigenvalue weighted by Crippen LogP contribution is -2.07. The Morgan fingerprint density at radius 2 is 1.96 bits per heavy atom. The van der Waals surface area contributed by atoms with Gasteiger partial charge in [-0.1, -0.05) is 29.5 Å². The van der Waals surface area contributed by atoms with Gasteiger partial charge in [0, 0.05) is 6.08 Å². The summed E-state index contributed by atoms with van der Waals surface area (Å²) in [4.78, 5) is 16.6. The smallest absolute Gasteiger partial charge is 0.250 e. The van der Waals surface area contributed by atoms with Crippen LogP contribution in [0.25, 0.3) is 16.3 Å². The summed E-state index contributed by atoms with van der Waals surface area (Å²) >= 11 is 1.49. The highest BCUT2D eigenvalue weighted by atomic mass is 32.1. The fraction of sp³-hybridized carbons (Fsp3) is 0.158. The van der Waals surface area contributed by atoms with Crippen molar-refractivity contribution in [3.8, 4) is 5.75 Å². The lowest BCUT2D eigenvalue weighted by molar-refractivity contribution is -0.111. The van der Waals surface area contributed by atoms with Gasteiger partial charge in [0.2, 0.25) is 5.91 Å². The molecule has 0 unspecified atom stereocenters. The number of carbonyl (C=O) groups is 1. The van der Waals surface area contributed by atoms with Crippen molar-refractivity contribution in [2.75, 3.05) is 12.4 Å². The molecule has 0 radical (unpaired) electrons. The zero-order valence-corrected chi connectivity index (χ0v) is 14.6. The molecule has 0 aliphatic heterocycles. The molecule has 122 valence electrons. The third-order valence-electron chi connectivity index (χ3n) is 3.60. The molecule has 1 N–H and O–H groups in total. The maximum absolute atomic E-state index is 12.1. The largest absolute Gasteiger partial charge is 0.497 e. The van der Waals surface area contributed by atoms with Crippen LogP contribution in [0.4, 0.5) is 5.13 Å². The minimum atomic E-state index is -0.195. The molecule has 0 spiro atoms. The van der Waals surface area contributed by atoms with Crippen LogP contribution in [-0.4, -0.2) is 18.0 Å². The number of anilines is 1. The number of rotatable bonds is 4. The number of thiazole rings is 1. The number of hydrogen-bond acceptors (Lipinski definition) is 4. The third-order valence-corrected chi connectivity index (χ3v) is 4.52. The van der Waals surface area contributed by atoms with E-state index in [0.717, 1.165) is 27.1 Å². The molecule has 0 bridgehead atoms. The van der Waals surface area contributed by atoms with Gasteiger partial charge in [0.1, 0.15) is 5.75 Å². The molecule has 0 fully saturated rings. The Hall–Kier alpha value is -2.66. The molecule has 4 nitrogen and oxygen atoms in total. The second kappa shape index (κ2) is 6.84. The van der Waals surface area contributed by atoms with Gasteiger partial charge >= 0.3 is 0 Å². The van der Waals surface area contributed by atoms with E-state index in [0.29, 0.717) is 5.13 Å². The Labute approximate surface area is 144 Å². The zero-order valence-electron chi connectivity index (χ0n) is 13.8. The van der Waals surface area contributed by atoms with Crippen LogP contribution in [0.2, 0.25) is 0 Å². The lowest BCUT2D eigenvalue weighted by atomic mass is 10.1. The van der Waals surface area contributed by atoms with E-state index in [1.807, 2.05) is 31.2 Å². The molecule has 0 saturated heterocycles. The van der Waals surface area contributed by atoms with Gasteiger partial charge in [-0.25, -0.2) is 4.98 Å². The van der Waals surface area contributed by atoms with Crippen LogP contribution in [0.3, 0.4) is 0 Å². The average molecular weight is 338 g/mol. The second-order valence-electron chi connectivity index (χ2n) is 5.54. The molecule has 0 atom stereocenters. The molecule has 5 heteroatoms. The first kappa shape index (κ1) is 16.2. The van der Waals surface area contributed by atoms with Crippen molar-refractivity contribution in [3.63, 3.8) is 0 Å². The third kappa shape index (κ3) is 3.63. The standard InChI is InChI=1S/C19H18N2O2S/c1-12-10-13(2)18-16(11-12)24-19(21-18)20-17(22)9-6-14-4-7-15(23-3)8-5-14/h4-11H,1-3H3,(H,20,21,22)/b9-6-. The number of aromatic nitrogens is 1. The summed E-state index contributed by atoms with van der Waals surface area (Å²) in [6.45, 7) is 4.09. The van der Waals surface area contributed by atoms with Gasteiger partial charge in [0.25, 0.3) is 0 Å². The van der Waals surface area contributed by atoms with Gasteiger partial charge in [0.15, 0.2) is 5.13 Å². The van der Waals surface area contributed by atoms with Crippen molar-refractivity contribution < 1.29 is 9.53 Å². The molecular weight excluding hydrogens is 320 g/mol. The minimum Gasteiger partial charge on any atom is -0.497 e. The van der Waals surface area contributed by atoms with E-state index in [9.17, 15) is 4.79 Å². The number of nitrogens with one attached hydrogen (secondary N) is 1. The second-order valence-corrected chi connectivity index (χ2v) is 6.57. The van der Waals surface area contributed by atoms with Crippen molar-refractivity contribution >= 4 is 38.7 Å². The summed E-state index contributed by atoms with van der Waals surface area (Å²) < 4.78 is 6.20. The number of benzene rings is 2. The Morgan fingerprint density at radius 3 is 2.67 bits per heavy atom. The van der Waals surface area contributed by atoms with E-state index < -0.39 is 0 Å². The number of amides is 1. The van der Waals surface area contributed by atoms with E-state index in [-0.39, 0.29) is 5.91 Å². The minimum absolute atomic E-state index is 0.195. The number of fused-ring (bicyclic) bond motifs is 1. The number of carbonyl (C=O) groups excluding carboxylic acids is 1. The van der Waals surface area contributed by atoms with Gasteiger partial charge in [-0.15, -0.1) is 0 Å². The summed E-state index contributed by atoms with van der Waals surface area (Å²) in [5, 5.41) is 3.44. The molecule has 3 aromatic rings. The van der Waals surface area contributed by atoms with Crippen molar-refractivity contribution in [2.45, 2.75) is 13.8 Å². The summed E-state index contributed by atoms with van der Waals surface area (Å²) in [6, 6.07) is 11.7. The van der Waals surface area contributed by atoms with E-state index in [1.165, 1.54) is 23.0 Å². The molecule has 0 aliphatic rings. The summed E-state index contributed by atoms with van der Waals surface area (Å²) in [5.74, 6) is 0.594. The first-order chi connectivity index (χ1) is 11.5. The fourth-order valence-corrected chi connectivity index (χ4v) is 3.50. The van der Waals surface area contributed by atoms with E-state index in [4.69, 9.17) is 4.74 Å². The molecular formula is C19H18N2O2S. The summed E-state index contributed by atoms with van der Waals surface area (Å²) in [5.41, 5.74) is 4.19. The highest BCUT2D eigenvalue weighted by Crippen LogP contribution is 2.29. The number of methoxy groups -OCH3 is 1. The van der Waals surface area contributed by atoms with Crippen LogP contribution in [-0.2, 0) is 4.79 Å². The Morgan fingerprint density at radius 1 is 1.21 bits per heavy atom. The van der Waals surface area contributed by atoms with Gasteiger partial charge in [-0.05, 0) is 54.8 Å². The number of hydrogen-bond donors (Lipinski definition) is 1. The number of ether oxygens (including phenoxy) is 1. The van der Waals surface area contributed by atoms with Crippen LogP contribution in [0, 0.1) is 13.8 Å². The maximum Gasteiger partial charge on any atom is 0.250 e. The Balaban J connectivity index is 1.72. The first-order valence-electron chi connectivity index (χ1n) is 7.56. The van der Waals surface area contributed by atoms with Crippen LogP contribution >= 0.6 is 11.3 Å². The predicted octanol–water partition coefficient (Wildman–Crippen LogP) is 4.57. The zero-order chi connectivity index (χ0) is 17.1. The van der Waals surface area contributed by atoms with E-state index in [1.54, 1.807) is 13.2 Å². The maximum atomic E-state index is 12.1. The first-order valence-corrected chi connectivity index (χ1v) is 8.38. The summed E-state index contributed by atoms with van der Waals surface area (Å²) in [6.07, 6.45) is 3.27. The van der Waals surface area contributed by atoms with Crippen LogP contribution in [0.1, 0.15) is 16.7 Å². The van der Waals surface area contributed by atoms with E-state index >= 15 is 0 Å². The van der Waals surface area contributed by atoms with Crippen molar-refractivity contribution in [3.05, 3.63) is 59.2 Å². The molecule has 24 heavy (non-hydrogen) atoms. The van der Waals surface area contributed by atoms with Crippen LogP contribution in [0.15, 0.2) is 42.5 Å². The molecule has 0 aliphatic carbocycles. The molecule has 2 aromatic carbocycles. The van der Waals surface area contributed by atoms with E-state index in [2.05, 4.69) is 29.4 Å². The highest BCUT2D eigenvalue weighted by molar-refractivity contribution is 7.22. The van der Waals surface area contributed by atoms with Crippen molar-refractivity contribution in [1.82, 2.24) is 4.98 Å². The predicted molar refractivity (Wildman–Crippen MR) is 99.8 cm³/mol.